The molecule has 0 spiro atoms. The van der Waals surface area contributed by atoms with Gasteiger partial charge in [0.05, 0.1) is 0 Å². The number of carbonyl (C=O) groups excluding carboxylic acids is 2. The number of amides is 2. The third-order valence-electron chi connectivity index (χ3n) is 2.72. The van der Waals surface area contributed by atoms with Crippen molar-refractivity contribution in [1.82, 2.24) is 5.32 Å². The van der Waals surface area contributed by atoms with Crippen LogP contribution < -0.4 is 16.4 Å². The molecule has 110 valence electrons. The Morgan fingerprint density at radius 3 is 2.75 bits per heavy atom. The zero-order valence-electron chi connectivity index (χ0n) is 11.8. The van der Waals surface area contributed by atoms with Crippen molar-refractivity contribution >= 4 is 17.5 Å². The van der Waals surface area contributed by atoms with Crippen molar-refractivity contribution in [2.75, 3.05) is 25.5 Å². The minimum absolute atomic E-state index is 0.0962. The van der Waals surface area contributed by atoms with E-state index in [1.165, 1.54) is 7.11 Å². The Morgan fingerprint density at radius 1 is 1.40 bits per heavy atom. The van der Waals surface area contributed by atoms with E-state index >= 15 is 0 Å². The second-order valence-corrected chi connectivity index (χ2v) is 4.29. The van der Waals surface area contributed by atoms with Crippen LogP contribution in [-0.2, 0) is 9.53 Å². The highest BCUT2D eigenvalue weighted by atomic mass is 16.5. The van der Waals surface area contributed by atoms with E-state index in [0.29, 0.717) is 17.8 Å². The fourth-order valence-corrected chi connectivity index (χ4v) is 1.61. The molecule has 0 aliphatic rings. The number of methoxy groups -OCH3 is 1. The monoisotopic (exact) mass is 279 g/mol. The number of rotatable bonds is 7. The molecule has 20 heavy (non-hydrogen) atoms. The van der Waals surface area contributed by atoms with Crippen LogP contribution in [0.1, 0.15) is 23.7 Å². The first kappa shape index (κ1) is 16.1. The SMILES string of the molecule is CCCNC(=O)c1cccc(NC(=O)C(CN)OC)c1. The summed E-state index contributed by atoms with van der Waals surface area (Å²) in [7, 11) is 1.42. The van der Waals surface area contributed by atoms with Gasteiger partial charge in [0.25, 0.3) is 11.8 Å². The van der Waals surface area contributed by atoms with E-state index in [-0.39, 0.29) is 18.4 Å². The molecule has 1 aromatic carbocycles. The minimum Gasteiger partial charge on any atom is -0.370 e. The second kappa shape index (κ2) is 8.29. The molecule has 0 fully saturated rings. The number of anilines is 1. The molecule has 6 nitrogen and oxygen atoms in total. The molecule has 1 unspecified atom stereocenters. The van der Waals surface area contributed by atoms with E-state index in [1.807, 2.05) is 6.92 Å². The number of benzene rings is 1. The van der Waals surface area contributed by atoms with Crippen molar-refractivity contribution in [3.05, 3.63) is 29.8 Å². The van der Waals surface area contributed by atoms with Gasteiger partial charge in [-0.3, -0.25) is 9.59 Å². The molecule has 1 aromatic rings. The molecule has 1 atom stereocenters. The lowest BCUT2D eigenvalue weighted by Gasteiger charge is -2.13. The highest BCUT2D eigenvalue weighted by Crippen LogP contribution is 2.11. The van der Waals surface area contributed by atoms with Crippen LogP contribution in [0.5, 0.6) is 0 Å². The van der Waals surface area contributed by atoms with Crippen molar-refractivity contribution in [3.8, 4) is 0 Å². The number of nitrogens with two attached hydrogens (primary N) is 1. The molecule has 0 bridgehead atoms. The number of hydrogen-bond donors (Lipinski definition) is 3. The van der Waals surface area contributed by atoms with Crippen LogP contribution in [0.3, 0.4) is 0 Å². The summed E-state index contributed by atoms with van der Waals surface area (Å²) in [6, 6.07) is 6.72. The van der Waals surface area contributed by atoms with E-state index in [4.69, 9.17) is 10.5 Å². The Morgan fingerprint density at radius 2 is 2.15 bits per heavy atom. The van der Waals surface area contributed by atoms with Crippen LogP contribution >= 0.6 is 0 Å². The summed E-state index contributed by atoms with van der Waals surface area (Å²) in [4.78, 5) is 23.6. The fourth-order valence-electron chi connectivity index (χ4n) is 1.61. The molecule has 0 saturated carbocycles. The summed E-state index contributed by atoms with van der Waals surface area (Å²) in [5.74, 6) is -0.494. The summed E-state index contributed by atoms with van der Waals surface area (Å²) in [6.07, 6.45) is 0.168. The molecule has 0 saturated heterocycles. The van der Waals surface area contributed by atoms with Crippen LogP contribution in [-0.4, -0.2) is 38.1 Å². The third kappa shape index (κ3) is 4.64. The van der Waals surface area contributed by atoms with Crippen molar-refractivity contribution in [2.24, 2.45) is 5.73 Å². The van der Waals surface area contributed by atoms with E-state index in [2.05, 4.69) is 10.6 Å². The molecule has 6 heteroatoms. The summed E-state index contributed by atoms with van der Waals surface area (Å²) in [6.45, 7) is 2.70. The zero-order valence-corrected chi connectivity index (χ0v) is 11.8. The van der Waals surface area contributed by atoms with Crippen molar-refractivity contribution in [2.45, 2.75) is 19.4 Å². The first-order valence-corrected chi connectivity index (χ1v) is 6.54. The summed E-state index contributed by atoms with van der Waals surface area (Å²) >= 11 is 0. The van der Waals surface area contributed by atoms with Gasteiger partial charge in [0.1, 0.15) is 6.10 Å². The molecule has 0 aliphatic carbocycles. The highest BCUT2D eigenvalue weighted by molar-refractivity contribution is 5.98. The van der Waals surface area contributed by atoms with Gasteiger partial charge in [-0.2, -0.15) is 0 Å². The average molecular weight is 279 g/mol. The van der Waals surface area contributed by atoms with Gasteiger partial charge >= 0.3 is 0 Å². The molecule has 0 radical (unpaired) electrons. The average Bonchev–Trinajstić information content (AvgIpc) is 2.46. The molecule has 4 N–H and O–H groups in total. The van der Waals surface area contributed by atoms with Gasteiger partial charge in [-0.05, 0) is 24.6 Å². The molecular weight excluding hydrogens is 258 g/mol. The molecule has 0 aromatic heterocycles. The lowest BCUT2D eigenvalue weighted by Crippen LogP contribution is -2.36. The highest BCUT2D eigenvalue weighted by Gasteiger charge is 2.16. The van der Waals surface area contributed by atoms with Gasteiger partial charge < -0.3 is 21.1 Å². The maximum atomic E-state index is 11.8. The molecule has 2 amide bonds. The standard InChI is InChI=1S/C14H21N3O3/c1-3-7-16-13(18)10-5-4-6-11(8-10)17-14(19)12(9-15)20-2/h4-6,8,12H,3,7,9,15H2,1-2H3,(H,16,18)(H,17,19). The molecule has 0 aliphatic heterocycles. The van der Waals surface area contributed by atoms with Gasteiger partial charge in [-0.15, -0.1) is 0 Å². The number of hydrogen-bond acceptors (Lipinski definition) is 4. The predicted octanol–water partition coefficient (Wildman–Crippen LogP) is 0.739. The Kier molecular flexibility index (Phi) is 6.69. The van der Waals surface area contributed by atoms with Gasteiger partial charge in [0, 0.05) is 31.5 Å². The minimum atomic E-state index is -0.701. The van der Waals surface area contributed by atoms with Crippen LogP contribution in [0, 0.1) is 0 Å². The van der Waals surface area contributed by atoms with Crippen LogP contribution in [0.15, 0.2) is 24.3 Å². The Hall–Kier alpha value is -1.92. The van der Waals surface area contributed by atoms with Gasteiger partial charge in [0.2, 0.25) is 0 Å². The first-order chi connectivity index (χ1) is 9.62. The number of nitrogens with one attached hydrogen (secondary N) is 2. The fraction of sp³-hybridized carbons (Fsp3) is 0.429. The van der Waals surface area contributed by atoms with Gasteiger partial charge in [-0.1, -0.05) is 13.0 Å². The summed E-state index contributed by atoms with van der Waals surface area (Å²) < 4.78 is 4.95. The third-order valence-corrected chi connectivity index (χ3v) is 2.72. The Labute approximate surface area is 118 Å². The second-order valence-electron chi connectivity index (χ2n) is 4.29. The van der Waals surface area contributed by atoms with E-state index in [1.54, 1.807) is 24.3 Å². The number of ether oxygens (including phenoxy) is 1. The quantitative estimate of drug-likeness (QED) is 0.686. The van der Waals surface area contributed by atoms with E-state index in [0.717, 1.165) is 6.42 Å². The normalized spacial score (nSPS) is 11.8. The van der Waals surface area contributed by atoms with Crippen LogP contribution in [0.2, 0.25) is 0 Å². The van der Waals surface area contributed by atoms with Crippen molar-refractivity contribution < 1.29 is 14.3 Å². The van der Waals surface area contributed by atoms with Crippen LogP contribution in [0.25, 0.3) is 0 Å². The van der Waals surface area contributed by atoms with Crippen LogP contribution in [0.4, 0.5) is 5.69 Å². The smallest absolute Gasteiger partial charge is 0.254 e. The molecule has 1 rings (SSSR count). The largest absolute Gasteiger partial charge is 0.370 e. The lowest BCUT2D eigenvalue weighted by molar-refractivity contribution is -0.125. The maximum absolute atomic E-state index is 11.8. The topological polar surface area (TPSA) is 93.5 Å². The van der Waals surface area contributed by atoms with Gasteiger partial charge in [-0.25, -0.2) is 0 Å². The maximum Gasteiger partial charge on any atom is 0.254 e. The van der Waals surface area contributed by atoms with E-state index in [9.17, 15) is 9.59 Å². The molecule has 0 heterocycles. The zero-order chi connectivity index (χ0) is 15.0. The van der Waals surface area contributed by atoms with Crippen molar-refractivity contribution in [3.63, 3.8) is 0 Å². The summed E-state index contributed by atoms with van der Waals surface area (Å²) in [5.41, 5.74) is 6.46. The Bertz CT molecular complexity index is 459. The summed E-state index contributed by atoms with van der Waals surface area (Å²) in [5, 5.41) is 5.45. The first-order valence-electron chi connectivity index (χ1n) is 6.54. The van der Waals surface area contributed by atoms with Gasteiger partial charge in [0.15, 0.2) is 0 Å². The predicted molar refractivity (Wildman–Crippen MR) is 77.5 cm³/mol. The van der Waals surface area contributed by atoms with Crippen molar-refractivity contribution in [1.29, 1.82) is 0 Å². The lowest BCUT2D eigenvalue weighted by atomic mass is 10.2. The molecular formula is C14H21N3O3. The Balaban J connectivity index is 2.73. The van der Waals surface area contributed by atoms with E-state index < -0.39 is 6.10 Å². The number of carbonyl (C=O) groups is 2.